The lowest BCUT2D eigenvalue weighted by molar-refractivity contribution is 0.0345. The standard InChI is InChI=1S/C23H26FN9O4/c24-16-10-26-23(28-21(16)31-4-7-35-8-5-31)32-12-17-19(13-32)37-14-15-11-33(30-29-15)6-9-36-18-2-1-3-25-20(18)22(34)27-17/h1-3,10-11,17,19H,4-9,12-14H2,(H,27,34)/t17-,19-/m0/s1. The van der Waals surface area contributed by atoms with E-state index in [0.29, 0.717) is 69.9 Å². The monoisotopic (exact) mass is 511 g/mol. The van der Waals surface area contributed by atoms with Gasteiger partial charge in [0.05, 0.1) is 50.9 Å². The van der Waals surface area contributed by atoms with Gasteiger partial charge in [0.2, 0.25) is 5.95 Å². The number of rotatable bonds is 2. The molecule has 1 N–H and O–H groups in total. The van der Waals surface area contributed by atoms with Crippen molar-refractivity contribution in [3.05, 3.63) is 47.9 Å². The number of carbonyl (C=O) groups excluding carboxylic acids is 1. The molecule has 2 saturated heterocycles. The number of nitrogens with one attached hydrogen (secondary N) is 1. The number of anilines is 2. The van der Waals surface area contributed by atoms with Gasteiger partial charge in [-0.05, 0) is 12.1 Å². The second-order valence-electron chi connectivity index (χ2n) is 8.95. The minimum absolute atomic E-state index is 0.184. The Labute approximate surface area is 211 Å². The Hall–Kier alpha value is -3.91. The summed E-state index contributed by atoms with van der Waals surface area (Å²) in [5, 5.41) is 11.3. The van der Waals surface area contributed by atoms with E-state index in [0.717, 1.165) is 0 Å². The number of amides is 1. The van der Waals surface area contributed by atoms with Crippen molar-refractivity contribution in [2.75, 3.05) is 55.8 Å². The molecule has 0 aliphatic carbocycles. The van der Waals surface area contributed by atoms with E-state index in [1.54, 1.807) is 29.2 Å². The maximum atomic E-state index is 14.6. The molecule has 0 radical (unpaired) electrons. The van der Waals surface area contributed by atoms with Gasteiger partial charge in [0, 0.05) is 32.4 Å². The quantitative estimate of drug-likeness (QED) is 0.500. The van der Waals surface area contributed by atoms with E-state index in [1.165, 1.54) is 6.20 Å². The lowest BCUT2D eigenvalue weighted by Crippen LogP contribution is -2.44. The highest BCUT2D eigenvalue weighted by molar-refractivity contribution is 5.95. The highest BCUT2D eigenvalue weighted by Gasteiger charge is 2.37. The van der Waals surface area contributed by atoms with Crippen molar-refractivity contribution >= 4 is 17.7 Å². The van der Waals surface area contributed by atoms with Crippen LogP contribution in [0.15, 0.2) is 30.7 Å². The summed E-state index contributed by atoms with van der Waals surface area (Å²) in [4.78, 5) is 29.9. The SMILES string of the molecule is O=C1N[C@H]2CN(c3ncc(F)c(N4CCOCC4)n3)C[C@@H]2OCc2cn(nn2)CCOc2cccnc21. The summed E-state index contributed by atoms with van der Waals surface area (Å²) < 4.78 is 33.7. The molecule has 3 aliphatic rings. The zero-order valence-corrected chi connectivity index (χ0v) is 20.0. The van der Waals surface area contributed by atoms with E-state index in [1.807, 2.05) is 9.80 Å². The number of nitrogens with zero attached hydrogens (tertiary/aromatic N) is 8. The lowest BCUT2D eigenvalue weighted by Gasteiger charge is -2.28. The van der Waals surface area contributed by atoms with E-state index in [4.69, 9.17) is 14.2 Å². The Balaban J connectivity index is 1.27. The zero-order valence-electron chi connectivity index (χ0n) is 20.0. The Bertz CT molecular complexity index is 1270. The number of carbonyl (C=O) groups is 1. The first-order valence-electron chi connectivity index (χ1n) is 12.1. The average Bonchev–Trinajstić information content (AvgIpc) is 3.55. The molecule has 0 saturated carbocycles. The molecular weight excluding hydrogens is 485 g/mol. The van der Waals surface area contributed by atoms with Crippen molar-refractivity contribution in [3.8, 4) is 5.75 Å². The topological polar surface area (TPSA) is 133 Å². The van der Waals surface area contributed by atoms with Gasteiger partial charge in [-0.1, -0.05) is 5.21 Å². The van der Waals surface area contributed by atoms with Gasteiger partial charge >= 0.3 is 0 Å². The third-order valence-corrected chi connectivity index (χ3v) is 6.48. The van der Waals surface area contributed by atoms with Crippen LogP contribution >= 0.6 is 0 Å². The molecule has 3 aromatic rings. The Morgan fingerprint density at radius 2 is 1.97 bits per heavy atom. The number of halogens is 1. The molecule has 0 aromatic carbocycles. The first-order chi connectivity index (χ1) is 18.1. The van der Waals surface area contributed by atoms with Crippen molar-refractivity contribution in [1.82, 2.24) is 35.3 Å². The third-order valence-electron chi connectivity index (χ3n) is 6.48. The van der Waals surface area contributed by atoms with Crippen LogP contribution in [0.3, 0.4) is 0 Å². The summed E-state index contributed by atoms with van der Waals surface area (Å²) in [5.41, 5.74) is 0.846. The van der Waals surface area contributed by atoms with E-state index in [-0.39, 0.29) is 24.0 Å². The number of hydrogen-bond donors (Lipinski definition) is 1. The van der Waals surface area contributed by atoms with Crippen molar-refractivity contribution in [3.63, 3.8) is 0 Å². The lowest BCUT2D eigenvalue weighted by atomic mass is 10.2. The summed E-state index contributed by atoms with van der Waals surface area (Å²) in [6.45, 7) is 3.83. The molecule has 0 spiro atoms. The Morgan fingerprint density at radius 3 is 2.86 bits per heavy atom. The maximum absolute atomic E-state index is 14.6. The number of morpholine rings is 1. The van der Waals surface area contributed by atoms with Crippen molar-refractivity contribution < 1.29 is 23.4 Å². The van der Waals surface area contributed by atoms with Gasteiger partial charge in [-0.15, -0.1) is 5.10 Å². The predicted octanol–water partition coefficient (Wildman–Crippen LogP) is 0.0352. The van der Waals surface area contributed by atoms with Crippen LogP contribution in [0.2, 0.25) is 0 Å². The van der Waals surface area contributed by atoms with Crippen LogP contribution in [0.25, 0.3) is 0 Å². The molecule has 2 fully saturated rings. The summed E-state index contributed by atoms with van der Waals surface area (Å²) >= 11 is 0. The van der Waals surface area contributed by atoms with Crippen LogP contribution in [-0.4, -0.2) is 94.0 Å². The number of pyridine rings is 1. The third kappa shape index (κ3) is 5.02. The van der Waals surface area contributed by atoms with Gasteiger partial charge < -0.3 is 29.3 Å². The zero-order chi connectivity index (χ0) is 25.2. The molecule has 0 unspecified atom stereocenters. The molecule has 2 atom stereocenters. The van der Waals surface area contributed by atoms with E-state index >= 15 is 0 Å². The minimum atomic E-state index is -0.487. The normalized spacial score (nSPS) is 22.5. The highest BCUT2D eigenvalue weighted by Crippen LogP contribution is 2.25. The van der Waals surface area contributed by atoms with Crippen LogP contribution in [0.1, 0.15) is 16.2 Å². The summed E-state index contributed by atoms with van der Waals surface area (Å²) in [7, 11) is 0. The van der Waals surface area contributed by atoms with Gasteiger partial charge in [0.1, 0.15) is 12.3 Å². The van der Waals surface area contributed by atoms with Gasteiger partial charge in [-0.2, -0.15) is 4.98 Å². The largest absolute Gasteiger partial charge is 0.489 e. The van der Waals surface area contributed by atoms with Gasteiger partial charge in [0.15, 0.2) is 23.1 Å². The summed E-state index contributed by atoms with van der Waals surface area (Å²) in [6, 6.07) is 3.00. The van der Waals surface area contributed by atoms with Crippen LogP contribution < -0.4 is 19.9 Å². The van der Waals surface area contributed by atoms with Crippen LogP contribution in [0.4, 0.5) is 16.2 Å². The molecule has 2 bridgehead atoms. The molecular formula is C23H26FN9O4. The van der Waals surface area contributed by atoms with E-state index in [9.17, 15) is 9.18 Å². The number of aromatic nitrogens is 6. The highest BCUT2D eigenvalue weighted by atomic mass is 19.1. The van der Waals surface area contributed by atoms with Crippen LogP contribution in [0.5, 0.6) is 5.75 Å². The molecule has 1 amide bonds. The number of hydrogen-bond acceptors (Lipinski definition) is 11. The molecule has 14 heteroatoms. The second kappa shape index (κ2) is 10.2. The fourth-order valence-electron chi connectivity index (χ4n) is 4.61. The Morgan fingerprint density at radius 1 is 1.08 bits per heavy atom. The molecule has 6 rings (SSSR count). The van der Waals surface area contributed by atoms with Crippen LogP contribution in [-0.2, 0) is 22.6 Å². The first kappa shape index (κ1) is 23.5. The predicted molar refractivity (Wildman–Crippen MR) is 127 cm³/mol. The first-order valence-corrected chi connectivity index (χ1v) is 12.1. The van der Waals surface area contributed by atoms with Gasteiger partial charge in [0.25, 0.3) is 5.91 Å². The van der Waals surface area contributed by atoms with E-state index < -0.39 is 18.0 Å². The molecule has 13 nitrogen and oxygen atoms in total. The van der Waals surface area contributed by atoms with Crippen LogP contribution in [0, 0.1) is 5.82 Å². The van der Waals surface area contributed by atoms with Crippen molar-refractivity contribution in [2.24, 2.45) is 0 Å². The van der Waals surface area contributed by atoms with Crippen molar-refractivity contribution in [2.45, 2.75) is 25.3 Å². The molecule has 37 heavy (non-hydrogen) atoms. The molecule has 3 aromatic heterocycles. The molecule has 6 heterocycles. The number of ether oxygens (including phenoxy) is 3. The Kier molecular flexibility index (Phi) is 6.49. The van der Waals surface area contributed by atoms with E-state index in [2.05, 4.69) is 30.6 Å². The average molecular weight is 512 g/mol. The minimum Gasteiger partial charge on any atom is -0.489 e. The maximum Gasteiger partial charge on any atom is 0.274 e. The second-order valence-corrected chi connectivity index (χ2v) is 8.95. The molecule has 3 aliphatic heterocycles. The fraction of sp³-hybridized carbons (Fsp3) is 0.478. The molecule has 194 valence electrons. The fourth-order valence-corrected chi connectivity index (χ4v) is 4.61. The van der Waals surface area contributed by atoms with Crippen molar-refractivity contribution in [1.29, 1.82) is 0 Å². The van der Waals surface area contributed by atoms with Gasteiger partial charge in [-0.3, -0.25) is 4.79 Å². The smallest absolute Gasteiger partial charge is 0.274 e. The summed E-state index contributed by atoms with van der Waals surface area (Å²) in [6.07, 6.45) is 4.12. The number of fused-ring (bicyclic) bond motifs is 4. The summed E-state index contributed by atoms with van der Waals surface area (Å²) in [5.74, 6) is 0.113. The van der Waals surface area contributed by atoms with Gasteiger partial charge in [-0.25, -0.2) is 19.0 Å².